The van der Waals surface area contributed by atoms with E-state index in [1.54, 1.807) is 23.7 Å². The van der Waals surface area contributed by atoms with Crippen LogP contribution in [0.25, 0.3) is 0 Å². The van der Waals surface area contributed by atoms with Gasteiger partial charge in [0.25, 0.3) is 0 Å². The van der Waals surface area contributed by atoms with Gasteiger partial charge in [-0.2, -0.15) is 0 Å². The highest BCUT2D eigenvalue weighted by Crippen LogP contribution is 2.71. The van der Waals surface area contributed by atoms with Gasteiger partial charge in [-0.05, 0) is 32.6 Å². The minimum atomic E-state index is -0.638. The van der Waals surface area contributed by atoms with Crippen LogP contribution >= 0.6 is 11.8 Å². The smallest absolute Gasteiger partial charge is 0.244 e. The average molecular weight is 412 g/mol. The molecule has 28 heavy (non-hydrogen) atoms. The third-order valence-electron chi connectivity index (χ3n) is 6.90. The summed E-state index contributed by atoms with van der Waals surface area (Å²) in [4.78, 5) is 41.2. The molecule has 8 heteroatoms. The number of amides is 3. The van der Waals surface area contributed by atoms with E-state index in [1.165, 1.54) is 0 Å². The molecule has 7 nitrogen and oxygen atoms in total. The van der Waals surface area contributed by atoms with Crippen molar-refractivity contribution in [2.45, 2.75) is 74.5 Å². The van der Waals surface area contributed by atoms with E-state index in [9.17, 15) is 19.5 Å². The number of nitrogens with one attached hydrogen (secondary N) is 2. The lowest BCUT2D eigenvalue weighted by Crippen LogP contribution is -2.56. The number of likely N-dealkylation sites (tertiary alicyclic amines) is 1. The fourth-order valence-electron chi connectivity index (χ4n) is 5.51. The highest BCUT2D eigenvalue weighted by atomic mass is 32.2. The molecule has 1 spiro atoms. The van der Waals surface area contributed by atoms with Gasteiger partial charge in [0.1, 0.15) is 6.04 Å². The van der Waals surface area contributed by atoms with Crippen molar-refractivity contribution in [2.24, 2.45) is 11.8 Å². The maximum absolute atomic E-state index is 13.6. The van der Waals surface area contributed by atoms with Crippen molar-refractivity contribution >= 4 is 29.5 Å². The van der Waals surface area contributed by atoms with E-state index in [4.69, 9.17) is 0 Å². The third-order valence-corrected chi connectivity index (χ3v) is 8.88. The first kappa shape index (κ1) is 21.4. The molecule has 3 aliphatic rings. The van der Waals surface area contributed by atoms with Crippen LogP contribution in [-0.4, -0.2) is 69.5 Å². The molecule has 3 heterocycles. The monoisotopic (exact) mass is 411 g/mol. The summed E-state index contributed by atoms with van der Waals surface area (Å²) in [6, 6.07) is -1.05. The van der Waals surface area contributed by atoms with Crippen LogP contribution in [0.3, 0.4) is 0 Å². The van der Waals surface area contributed by atoms with Crippen molar-refractivity contribution in [1.29, 1.82) is 0 Å². The van der Waals surface area contributed by atoms with Gasteiger partial charge in [0.15, 0.2) is 0 Å². The molecule has 0 saturated carbocycles. The van der Waals surface area contributed by atoms with Crippen LogP contribution in [0.1, 0.15) is 52.9 Å². The van der Waals surface area contributed by atoms with E-state index >= 15 is 0 Å². The number of hydrogen-bond acceptors (Lipinski definition) is 5. The van der Waals surface area contributed by atoms with E-state index in [-0.39, 0.29) is 29.1 Å². The molecule has 158 valence electrons. The topological polar surface area (TPSA) is 98.7 Å². The number of fused-ring (bicyclic) bond motifs is 1. The molecule has 3 aliphatic heterocycles. The van der Waals surface area contributed by atoms with Gasteiger partial charge in [-0.3, -0.25) is 14.4 Å². The van der Waals surface area contributed by atoms with Gasteiger partial charge in [-0.1, -0.05) is 20.3 Å². The molecule has 6 atom stereocenters. The largest absolute Gasteiger partial charge is 0.394 e. The van der Waals surface area contributed by atoms with Crippen LogP contribution in [0.5, 0.6) is 0 Å². The minimum absolute atomic E-state index is 0.126. The second-order valence-electron chi connectivity index (χ2n) is 8.48. The molecule has 0 aromatic heterocycles. The summed E-state index contributed by atoms with van der Waals surface area (Å²) in [5.74, 6) is -1.39. The SMILES string of the molecule is CCCCNC(=O)C1N([C@@H](CC)CO)C(=O)[C@@H]2[C@@H](C(=O)NC)[C@@]3(C)CCC12S3. The summed E-state index contributed by atoms with van der Waals surface area (Å²) in [6.45, 7) is 6.42. The van der Waals surface area contributed by atoms with Crippen molar-refractivity contribution in [3.05, 3.63) is 0 Å². The predicted octanol–water partition coefficient (Wildman–Crippen LogP) is 0.901. The molecular formula is C20H33N3O4S. The average Bonchev–Trinajstić information content (AvgIpc) is 3.24. The van der Waals surface area contributed by atoms with Gasteiger partial charge in [-0.25, -0.2) is 0 Å². The molecule has 3 fully saturated rings. The van der Waals surface area contributed by atoms with Crippen molar-refractivity contribution < 1.29 is 19.5 Å². The molecule has 0 aliphatic carbocycles. The first-order valence-electron chi connectivity index (χ1n) is 10.4. The number of aliphatic hydroxyl groups excluding tert-OH is 1. The zero-order valence-corrected chi connectivity index (χ0v) is 18.1. The molecule has 2 bridgehead atoms. The Kier molecular flexibility index (Phi) is 6.01. The number of unbranched alkanes of at least 4 members (excludes halogenated alkanes) is 1. The highest BCUT2D eigenvalue weighted by molar-refractivity contribution is 8.02. The Hall–Kier alpha value is -1.28. The number of rotatable bonds is 8. The van der Waals surface area contributed by atoms with Gasteiger partial charge < -0.3 is 20.6 Å². The number of thioether (sulfide) groups is 1. The molecule has 3 rings (SSSR count). The zero-order chi connectivity index (χ0) is 20.7. The lowest BCUT2D eigenvalue weighted by atomic mass is 9.66. The Bertz CT molecular complexity index is 655. The van der Waals surface area contributed by atoms with Crippen molar-refractivity contribution in [3.8, 4) is 0 Å². The lowest BCUT2D eigenvalue weighted by Gasteiger charge is -2.36. The van der Waals surface area contributed by atoms with Crippen LogP contribution in [-0.2, 0) is 14.4 Å². The maximum atomic E-state index is 13.6. The van der Waals surface area contributed by atoms with Crippen molar-refractivity contribution in [2.75, 3.05) is 20.2 Å². The predicted molar refractivity (Wildman–Crippen MR) is 109 cm³/mol. The Morgan fingerprint density at radius 1 is 1.32 bits per heavy atom. The zero-order valence-electron chi connectivity index (χ0n) is 17.3. The molecule has 0 aromatic carbocycles. The fraction of sp³-hybridized carbons (Fsp3) is 0.850. The Morgan fingerprint density at radius 3 is 2.61 bits per heavy atom. The number of nitrogens with zero attached hydrogens (tertiary/aromatic N) is 1. The summed E-state index contributed by atoms with van der Waals surface area (Å²) < 4.78 is -0.933. The van der Waals surface area contributed by atoms with Crippen LogP contribution in [0.2, 0.25) is 0 Å². The Morgan fingerprint density at radius 2 is 2.04 bits per heavy atom. The summed E-state index contributed by atoms with van der Waals surface area (Å²) in [5, 5.41) is 15.7. The molecule has 3 amide bonds. The summed E-state index contributed by atoms with van der Waals surface area (Å²) in [7, 11) is 1.60. The van der Waals surface area contributed by atoms with E-state index in [2.05, 4.69) is 24.5 Å². The number of hydrogen-bond donors (Lipinski definition) is 3. The molecule has 3 saturated heterocycles. The lowest BCUT2D eigenvalue weighted by molar-refractivity contribution is -0.143. The van der Waals surface area contributed by atoms with Gasteiger partial charge in [-0.15, -0.1) is 11.8 Å². The van der Waals surface area contributed by atoms with Crippen LogP contribution in [0.4, 0.5) is 0 Å². The van der Waals surface area contributed by atoms with Crippen LogP contribution < -0.4 is 10.6 Å². The van der Waals surface area contributed by atoms with Gasteiger partial charge in [0.2, 0.25) is 17.7 Å². The van der Waals surface area contributed by atoms with Crippen molar-refractivity contribution in [1.82, 2.24) is 15.5 Å². The van der Waals surface area contributed by atoms with Crippen molar-refractivity contribution in [3.63, 3.8) is 0 Å². The first-order valence-corrected chi connectivity index (χ1v) is 11.3. The van der Waals surface area contributed by atoms with Gasteiger partial charge in [0, 0.05) is 18.3 Å². The molecule has 3 N–H and O–H groups in total. The summed E-state index contributed by atoms with van der Waals surface area (Å²) in [5.41, 5.74) is 0. The summed E-state index contributed by atoms with van der Waals surface area (Å²) in [6.07, 6.45) is 3.97. The third kappa shape index (κ3) is 2.95. The molecule has 2 unspecified atom stereocenters. The van der Waals surface area contributed by atoms with Crippen LogP contribution in [0.15, 0.2) is 0 Å². The molecule has 0 aromatic rings. The second-order valence-corrected chi connectivity index (χ2v) is 10.4. The van der Waals surface area contributed by atoms with Crippen LogP contribution in [0, 0.1) is 11.8 Å². The first-order chi connectivity index (χ1) is 13.3. The van der Waals surface area contributed by atoms with E-state index in [1.807, 2.05) is 6.92 Å². The van der Waals surface area contributed by atoms with Gasteiger partial charge >= 0.3 is 0 Å². The molecule has 0 radical (unpaired) electrons. The normalized spacial score (nSPS) is 37.1. The number of aliphatic hydroxyl groups is 1. The fourth-order valence-corrected chi connectivity index (χ4v) is 7.85. The Labute approximate surface area is 171 Å². The Balaban J connectivity index is 2.03. The maximum Gasteiger partial charge on any atom is 0.244 e. The van der Waals surface area contributed by atoms with E-state index in [0.717, 1.165) is 25.7 Å². The van der Waals surface area contributed by atoms with Gasteiger partial charge in [0.05, 0.1) is 29.2 Å². The standard InChI is InChI=1S/C20H33N3O4S/c1-5-7-10-22-17(26)15-20-9-8-19(3,28-20)13(16(25)21-4)14(20)18(27)23(15)12(6-2)11-24/h12-15,24H,5-11H2,1-4H3,(H,21,25)(H,22,26)/t12-,13-,14-,15?,19+,20?/m0/s1. The number of carbonyl (C=O) groups excluding carboxylic acids is 3. The minimum Gasteiger partial charge on any atom is -0.394 e. The molecular weight excluding hydrogens is 378 g/mol. The summed E-state index contributed by atoms with van der Waals surface area (Å²) >= 11 is 1.66. The highest BCUT2D eigenvalue weighted by Gasteiger charge is 2.77. The van der Waals surface area contributed by atoms with E-state index in [0.29, 0.717) is 13.0 Å². The van der Waals surface area contributed by atoms with E-state index < -0.39 is 28.7 Å². The quantitative estimate of drug-likeness (QED) is 0.516. The second kappa shape index (κ2) is 7.86. The number of carbonyl (C=O) groups is 3.